The van der Waals surface area contributed by atoms with E-state index in [2.05, 4.69) is 9.97 Å². The summed E-state index contributed by atoms with van der Waals surface area (Å²) >= 11 is 0. The van der Waals surface area contributed by atoms with Gasteiger partial charge in [-0.05, 0) is 31.0 Å². The van der Waals surface area contributed by atoms with E-state index in [-0.39, 0.29) is 11.9 Å². The molecular weight excluding hydrogens is 257 g/mol. The van der Waals surface area contributed by atoms with Crippen LogP contribution in [-0.4, -0.2) is 34.3 Å². The van der Waals surface area contributed by atoms with Gasteiger partial charge in [0.05, 0.1) is 6.10 Å². The smallest absolute Gasteiger partial charge is 0.161 e. The first kappa shape index (κ1) is 13.0. The third-order valence-corrected chi connectivity index (χ3v) is 3.56. The second-order valence-corrected chi connectivity index (χ2v) is 5.09. The number of hydrogen-bond acceptors (Lipinski definition) is 4. The number of aliphatic hydroxyl groups is 1. The molecule has 1 atom stereocenters. The van der Waals surface area contributed by atoms with Gasteiger partial charge in [-0.15, -0.1) is 0 Å². The highest BCUT2D eigenvalue weighted by Crippen LogP contribution is 2.22. The summed E-state index contributed by atoms with van der Waals surface area (Å²) in [6.45, 7) is 3.08. The van der Waals surface area contributed by atoms with Gasteiger partial charge in [-0.3, -0.25) is 0 Å². The maximum Gasteiger partial charge on any atom is 0.161 e. The molecule has 0 aliphatic carbocycles. The number of aryl methyl sites for hydroxylation is 1. The zero-order chi connectivity index (χ0) is 14.1. The summed E-state index contributed by atoms with van der Waals surface area (Å²) in [7, 11) is 0. The molecule has 1 fully saturated rings. The van der Waals surface area contributed by atoms with E-state index in [9.17, 15) is 9.50 Å². The average Bonchev–Trinajstić information content (AvgIpc) is 2.89. The molecule has 5 heteroatoms. The van der Waals surface area contributed by atoms with E-state index >= 15 is 0 Å². The van der Waals surface area contributed by atoms with Gasteiger partial charge < -0.3 is 10.0 Å². The molecule has 4 nitrogen and oxygen atoms in total. The maximum atomic E-state index is 13.6. The summed E-state index contributed by atoms with van der Waals surface area (Å²) in [6, 6.07) is 6.80. The van der Waals surface area contributed by atoms with Crippen molar-refractivity contribution in [3.05, 3.63) is 41.8 Å². The Morgan fingerprint density at radius 3 is 2.90 bits per heavy atom. The van der Waals surface area contributed by atoms with Gasteiger partial charge in [0, 0.05) is 24.8 Å². The van der Waals surface area contributed by atoms with Gasteiger partial charge in [0.25, 0.3) is 0 Å². The van der Waals surface area contributed by atoms with Gasteiger partial charge in [0.15, 0.2) is 5.82 Å². The lowest BCUT2D eigenvalue weighted by molar-refractivity contribution is 0.198. The minimum absolute atomic E-state index is 0.256. The Balaban J connectivity index is 1.92. The molecule has 1 aliphatic rings. The molecule has 0 bridgehead atoms. The molecule has 20 heavy (non-hydrogen) atoms. The van der Waals surface area contributed by atoms with Crippen LogP contribution in [0, 0.1) is 12.7 Å². The van der Waals surface area contributed by atoms with Crippen LogP contribution in [0.4, 0.5) is 10.2 Å². The van der Waals surface area contributed by atoms with E-state index in [1.807, 2.05) is 17.0 Å². The molecule has 0 spiro atoms. The van der Waals surface area contributed by atoms with Crippen molar-refractivity contribution in [2.45, 2.75) is 19.4 Å². The van der Waals surface area contributed by atoms with Gasteiger partial charge >= 0.3 is 0 Å². The summed E-state index contributed by atoms with van der Waals surface area (Å²) in [4.78, 5) is 10.7. The first-order chi connectivity index (χ1) is 9.63. The van der Waals surface area contributed by atoms with Gasteiger partial charge in [0.1, 0.15) is 11.6 Å². The lowest BCUT2D eigenvalue weighted by atomic mass is 10.1. The van der Waals surface area contributed by atoms with Crippen LogP contribution >= 0.6 is 0 Å². The van der Waals surface area contributed by atoms with E-state index in [1.54, 1.807) is 19.2 Å². The fourth-order valence-corrected chi connectivity index (χ4v) is 2.35. The monoisotopic (exact) mass is 273 g/mol. The number of nitrogens with zero attached hydrogens (tertiary/aromatic N) is 3. The standard InChI is InChI=1S/C15H16FN3O/c1-10-2-3-11(8-13(10)16)15-17-6-4-14(18-15)19-7-5-12(20)9-19/h2-4,6,8,12,20H,5,7,9H2,1H3/t12-/m0/s1. The van der Waals surface area contributed by atoms with Crippen LogP contribution in [0.3, 0.4) is 0 Å². The van der Waals surface area contributed by atoms with E-state index in [0.717, 1.165) is 18.8 Å². The lowest BCUT2D eigenvalue weighted by Crippen LogP contribution is -2.22. The van der Waals surface area contributed by atoms with Gasteiger partial charge in [0.2, 0.25) is 0 Å². The number of hydrogen-bond donors (Lipinski definition) is 1. The number of anilines is 1. The normalized spacial score (nSPS) is 18.6. The summed E-state index contributed by atoms with van der Waals surface area (Å²) in [6.07, 6.45) is 2.11. The molecule has 104 valence electrons. The van der Waals surface area contributed by atoms with E-state index in [0.29, 0.717) is 23.5 Å². The number of aromatic nitrogens is 2. The van der Waals surface area contributed by atoms with Crippen LogP contribution < -0.4 is 4.90 Å². The highest BCUT2D eigenvalue weighted by molar-refractivity contribution is 5.58. The van der Waals surface area contributed by atoms with Gasteiger partial charge in [-0.25, -0.2) is 14.4 Å². The lowest BCUT2D eigenvalue weighted by Gasteiger charge is -2.16. The number of aliphatic hydroxyl groups excluding tert-OH is 1. The third kappa shape index (κ3) is 2.49. The average molecular weight is 273 g/mol. The molecule has 0 saturated carbocycles. The van der Waals surface area contributed by atoms with Crippen molar-refractivity contribution in [3.63, 3.8) is 0 Å². The molecule has 1 aromatic heterocycles. The predicted octanol–water partition coefficient (Wildman–Crippen LogP) is 2.16. The molecule has 0 unspecified atom stereocenters. The quantitative estimate of drug-likeness (QED) is 0.911. The topological polar surface area (TPSA) is 49.2 Å². The number of benzene rings is 1. The first-order valence-corrected chi connectivity index (χ1v) is 6.66. The van der Waals surface area contributed by atoms with E-state index in [1.165, 1.54) is 6.07 Å². The Kier molecular flexibility index (Phi) is 3.36. The van der Waals surface area contributed by atoms with Crippen molar-refractivity contribution < 1.29 is 9.50 Å². The van der Waals surface area contributed by atoms with Crippen molar-refractivity contribution in [1.82, 2.24) is 9.97 Å². The number of halogens is 1. The van der Waals surface area contributed by atoms with Gasteiger partial charge in [-0.2, -0.15) is 0 Å². The zero-order valence-corrected chi connectivity index (χ0v) is 11.3. The predicted molar refractivity (Wildman–Crippen MR) is 75.0 cm³/mol. The summed E-state index contributed by atoms with van der Waals surface area (Å²) in [5.74, 6) is 1.02. The molecule has 1 saturated heterocycles. The molecule has 2 aromatic rings. The minimum atomic E-state index is -0.301. The summed E-state index contributed by atoms with van der Waals surface area (Å²) < 4.78 is 13.6. The summed E-state index contributed by atoms with van der Waals surface area (Å²) in [5.41, 5.74) is 1.27. The Bertz CT molecular complexity index is 632. The fraction of sp³-hybridized carbons (Fsp3) is 0.333. The van der Waals surface area contributed by atoms with Crippen LogP contribution in [0.5, 0.6) is 0 Å². The van der Waals surface area contributed by atoms with E-state index < -0.39 is 0 Å². The maximum absolute atomic E-state index is 13.6. The molecule has 1 aliphatic heterocycles. The van der Waals surface area contributed by atoms with E-state index in [4.69, 9.17) is 0 Å². The van der Waals surface area contributed by atoms with Crippen molar-refractivity contribution in [2.24, 2.45) is 0 Å². The molecule has 2 heterocycles. The molecule has 1 aromatic carbocycles. The number of β-amino-alcohol motifs (C(OH)–C–C–N with tert-alkyl or cyclic N) is 1. The third-order valence-electron chi connectivity index (χ3n) is 3.56. The second kappa shape index (κ2) is 5.17. The van der Waals surface area contributed by atoms with Crippen molar-refractivity contribution in [1.29, 1.82) is 0 Å². The SMILES string of the molecule is Cc1ccc(-c2nccc(N3CC[C@H](O)C3)n2)cc1F. The first-order valence-electron chi connectivity index (χ1n) is 6.66. The second-order valence-electron chi connectivity index (χ2n) is 5.09. The zero-order valence-electron chi connectivity index (χ0n) is 11.3. The van der Waals surface area contributed by atoms with Crippen LogP contribution in [0.1, 0.15) is 12.0 Å². The minimum Gasteiger partial charge on any atom is -0.391 e. The molecule has 0 radical (unpaired) electrons. The highest BCUT2D eigenvalue weighted by atomic mass is 19.1. The fourth-order valence-electron chi connectivity index (χ4n) is 2.35. The van der Waals surface area contributed by atoms with Crippen molar-refractivity contribution in [2.75, 3.05) is 18.0 Å². The largest absolute Gasteiger partial charge is 0.391 e. The molecular formula is C15H16FN3O. The molecule has 1 N–H and O–H groups in total. The Hall–Kier alpha value is -2.01. The van der Waals surface area contributed by atoms with Crippen molar-refractivity contribution >= 4 is 5.82 Å². The Morgan fingerprint density at radius 1 is 1.35 bits per heavy atom. The molecule has 0 amide bonds. The van der Waals surface area contributed by atoms with Crippen LogP contribution in [0.25, 0.3) is 11.4 Å². The molecule has 3 rings (SSSR count). The Morgan fingerprint density at radius 2 is 2.20 bits per heavy atom. The highest BCUT2D eigenvalue weighted by Gasteiger charge is 2.21. The Labute approximate surface area is 116 Å². The van der Waals surface area contributed by atoms with Crippen LogP contribution in [-0.2, 0) is 0 Å². The van der Waals surface area contributed by atoms with Crippen LogP contribution in [0.2, 0.25) is 0 Å². The summed E-state index contributed by atoms with van der Waals surface area (Å²) in [5, 5.41) is 9.58. The number of rotatable bonds is 2. The van der Waals surface area contributed by atoms with Gasteiger partial charge in [-0.1, -0.05) is 12.1 Å². The van der Waals surface area contributed by atoms with Crippen molar-refractivity contribution in [3.8, 4) is 11.4 Å². The van der Waals surface area contributed by atoms with Crippen LogP contribution in [0.15, 0.2) is 30.5 Å².